The van der Waals surface area contributed by atoms with E-state index >= 15 is 0 Å². The second-order valence-corrected chi connectivity index (χ2v) is 6.54. The number of carbonyl (C=O) groups excluding carboxylic acids is 1. The van der Waals surface area contributed by atoms with Crippen LogP contribution in [0.25, 0.3) is 0 Å². The van der Waals surface area contributed by atoms with Crippen LogP contribution in [0.2, 0.25) is 0 Å². The van der Waals surface area contributed by atoms with E-state index in [0.29, 0.717) is 6.92 Å². The van der Waals surface area contributed by atoms with Crippen molar-refractivity contribution in [3.63, 3.8) is 0 Å². The minimum atomic E-state index is -5.73. The number of hydrogen-bond acceptors (Lipinski definition) is 2. The Hall–Kier alpha value is -1.93. The van der Waals surface area contributed by atoms with Crippen LogP contribution in [0.1, 0.15) is 39.7 Å². The number of benzene rings is 1. The molecule has 1 N–H and O–H groups in total. The Labute approximate surface area is 141 Å². The lowest BCUT2D eigenvalue weighted by atomic mass is 9.87. The maximum Gasteiger partial charge on any atom is 0.420 e. The van der Waals surface area contributed by atoms with E-state index in [1.807, 2.05) is 20.8 Å². The fourth-order valence-electron chi connectivity index (χ4n) is 2.12. The number of amides is 1. The number of halogens is 6. The summed E-state index contributed by atoms with van der Waals surface area (Å²) in [6.45, 7) is 6.42. The lowest BCUT2D eigenvalue weighted by molar-refractivity contribution is -0.305. The smallest absolute Gasteiger partial charge is 0.410 e. The molecule has 1 rings (SSSR count). The van der Waals surface area contributed by atoms with Gasteiger partial charge in [0.25, 0.3) is 0 Å². The predicted molar refractivity (Wildman–Crippen MR) is 79.4 cm³/mol. The van der Waals surface area contributed by atoms with Crippen molar-refractivity contribution < 1.29 is 35.9 Å². The Kier molecular flexibility index (Phi) is 5.71. The van der Waals surface area contributed by atoms with E-state index in [4.69, 9.17) is 0 Å². The molecular formula is C16H19F6NO2. The van der Waals surface area contributed by atoms with Crippen LogP contribution >= 0.6 is 0 Å². The molecule has 0 atom stereocenters. The van der Waals surface area contributed by atoms with Crippen molar-refractivity contribution in [1.82, 2.24) is 5.32 Å². The first-order valence-electron chi connectivity index (χ1n) is 7.38. The minimum absolute atomic E-state index is 0.167. The van der Waals surface area contributed by atoms with Gasteiger partial charge in [0.05, 0.1) is 0 Å². The first kappa shape index (κ1) is 21.1. The zero-order chi connectivity index (χ0) is 19.7. The Bertz CT molecular complexity index is 585. The van der Waals surface area contributed by atoms with E-state index in [2.05, 4.69) is 4.74 Å². The van der Waals surface area contributed by atoms with E-state index in [1.54, 1.807) is 12.1 Å². The minimum Gasteiger partial charge on any atom is -0.410 e. The fraction of sp³-hybridized carbons (Fsp3) is 0.562. The van der Waals surface area contributed by atoms with Gasteiger partial charge in [0, 0.05) is 0 Å². The number of rotatable bonds is 3. The van der Waals surface area contributed by atoms with Crippen molar-refractivity contribution in [2.45, 2.75) is 57.4 Å². The summed E-state index contributed by atoms with van der Waals surface area (Å²) < 4.78 is 82.4. The van der Waals surface area contributed by atoms with E-state index in [0.717, 1.165) is 10.9 Å². The first-order valence-corrected chi connectivity index (χ1v) is 7.38. The molecule has 9 heteroatoms. The van der Waals surface area contributed by atoms with Gasteiger partial charge in [-0.25, -0.2) is 4.79 Å². The molecule has 0 bridgehead atoms. The summed E-state index contributed by atoms with van der Waals surface area (Å²) in [6.07, 6.45) is -14.7. The highest BCUT2D eigenvalue weighted by Crippen LogP contribution is 2.45. The predicted octanol–water partition coefficient (Wildman–Crippen LogP) is 5.35. The van der Waals surface area contributed by atoms with Gasteiger partial charge in [-0.2, -0.15) is 26.3 Å². The van der Waals surface area contributed by atoms with Gasteiger partial charge in [0.2, 0.25) is 5.54 Å². The summed E-state index contributed by atoms with van der Waals surface area (Å²) in [5.74, 6) is -0.167. The van der Waals surface area contributed by atoms with Gasteiger partial charge >= 0.3 is 18.4 Å². The lowest BCUT2D eigenvalue weighted by Crippen LogP contribution is -2.67. The number of alkyl halides is 6. The topological polar surface area (TPSA) is 38.3 Å². The van der Waals surface area contributed by atoms with Crippen molar-refractivity contribution in [2.75, 3.05) is 0 Å². The zero-order valence-corrected chi connectivity index (χ0v) is 14.1. The summed E-state index contributed by atoms with van der Waals surface area (Å²) in [5.41, 5.74) is -3.73. The van der Waals surface area contributed by atoms with Gasteiger partial charge in [-0.15, -0.1) is 0 Å². The van der Waals surface area contributed by atoms with E-state index < -0.39 is 30.4 Å². The molecule has 0 saturated carbocycles. The molecule has 1 amide bonds. The van der Waals surface area contributed by atoms with Crippen molar-refractivity contribution in [1.29, 1.82) is 0 Å². The summed E-state index contributed by atoms with van der Waals surface area (Å²) in [6, 6.07) is 5.75. The average molecular weight is 371 g/mol. The molecule has 0 aliphatic heterocycles. The van der Waals surface area contributed by atoms with Gasteiger partial charge in [0.1, 0.15) is 5.75 Å². The number of hydrogen-bond donors (Lipinski definition) is 1. The maximum absolute atomic E-state index is 13.0. The molecule has 0 aromatic heterocycles. The highest BCUT2D eigenvalue weighted by Gasteiger charge is 2.70. The molecule has 0 fully saturated rings. The SMILES string of the molecule is CCC(NC(=O)Oc1ccc(C(C)(C)C)cc1)(C(F)(F)F)C(F)(F)F. The molecule has 0 radical (unpaired) electrons. The summed E-state index contributed by atoms with van der Waals surface area (Å²) in [7, 11) is 0. The van der Waals surface area contributed by atoms with Gasteiger partial charge in [-0.3, -0.25) is 5.32 Å². The molecule has 0 heterocycles. The highest BCUT2D eigenvalue weighted by molar-refractivity contribution is 5.71. The second-order valence-electron chi connectivity index (χ2n) is 6.54. The maximum atomic E-state index is 13.0. The van der Waals surface area contributed by atoms with E-state index in [-0.39, 0.29) is 11.2 Å². The van der Waals surface area contributed by atoms with Gasteiger partial charge in [0.15, 0.2) is 0 Å². The van der Waals surface area contributed by atoms with Gasteiger partial charge < -0.3 is 4.74 Å². The Morgan fingerprint density at radius 2 is 1.40 bits per heavy atom. The lowest BCUT2D eigenvalue weighted by Gasteiger charge is -2.36. The van der Waals surface area contributed by atoms with Crippen molar-refractivity contribution in [2.24, 2.45) is 0 Å². The van der Waals surface area contributed by atoms with E-state index in [1.165, 1.54) is 12.1 Å². The number of nitrogens with one attached hydrogen (secondary N) is 1. The second kappa shape index (κ2) is 6.76. The number of ether oxygens (including phenoxy) is 1. The molecule has 1 aromatic rings. The summed E-state index contributed by atoms with van der Waals surface area (Å²) >= 11 is 0. The van der Waals surface area contributed by atoms with Crippen LogP contribution in [0, 0.1) is 0 Å². The molecular weight excluding hydrogens is 352 g/mol. The van der Waals surface area contributed by atoms with Crippen LogP contribution < -0.4 is 10.1 Å². The average Bonchev–Trinajstić information content (AvgIpc) is 2.41. The molecule has 0 saturated heterocycles. The first-order chi connectivity index (χ1) is 11.1. The molecule has 142 valence electrons. The monoisotopic (exact) mass is 371 g/mol. The normalized spacial score (nSPS) is 13.5. The van der Waals surface area contributed by atoms with Crippen LogP contribution in [-0.2, 0) is 5.41 Å². The van der Waals surface area contributed by atoms with Crippen LogP contribution in [0.15, 0.2) is 24.3 Å². The third-order valence-corrected chi connectivity index (χ3v) is 3.74. The third-order valence-electron chi connectivity index (χ3n) is 3.74. The quantitative estimate of drug-likeness (QED) is 0.728. The molecule has 25 heavy (non-hydrogen) atoms. The van der Waals surface area contributed by atoms with E-state index in [9.17, 15) is 31.1 Å². The van der Waals surface area contributed by atoms with Gasteiger partial charge in [-0.05, 0) is 29.5 Å². The largest absolute Gasteiger partial charge is 0.420 e. The molecule has 0 unspecified atom stereocenters. The standard InChI is InChI=1S/C16H19F6NO2/c1-5-14(15(17,18)19,16(20,21)22)23-12(24)25-11-8-6-10(7-9-11)13(2,3)4/h6-9H,5H2,1-4H3,(H,23,24). The van der Waals surface area contributed by atoms with Crippen molar-refractivity contribution >= 4 is 6.09 Å². The van der Waals surface area contributed by atoms with Crippen LogP contribution in [0.5, 0.6) is 5.75 Å². The van der Waals surface area contributed by atoms with Crippen LogP contribution in [-0.4, -0.2) is 24.0 Å². The molecule has 3 nitrogen and oxygen atoms in total. The van der Waals surface area contributed by atoms with Crippen LogP contribution in [0.3, 0.4) is 0 Å². The summed E-state index contributed by atoms with van der Waals surface area (Å²) in [5, 5.41) is 0.942. The Balaban J connectivity index is 3.00. The molecule has 0 aliphatic carbocycles. The third kappa shape index (κ3) is 4.58. The number of carbonyl (C=O) groups is 1. The Morgan fingerprint density at radius 3 is 1.72 bits per heavy atom. The van der Waals surface area contributed by atoms with Gasteiger partial charge in [-0.1, -0.05) is 39.8 Å². The van der Waals surface area contributed by atoms with Crippen molar-refractivity contribution in [3.05, 3.63) is 29.8 Å². The summed E-state index contributed by atoms with van der Waals surface area (Å²) in [4.78, 5) is 11.6. The molecule has 0 aliphatic rings. The van der Waals surface area contributed by atoms with Crippen molar-refractivity contribution in [3.8, 4) is 5.75 Å². The highest BCUT2D eigenvalue weighted by atomic mass is 19.4. The Morgan fingerprint density at radius 1 is 0.960 bits per heavy atom. The molecule has 1 aromatic carbocycles. The fourth-order valence-corrected chi connectivity index (χ4v) is 2.12. The van der Waals surface area contributed by atoms with Crippen LogP contribution in [0.4, 0.5) is 31.1 Å². The molecule has 0 spiro atoms. The zero-order valence-electron chi connectivity index (χ0n) is 14.1.